The first-order chi connectivity index (χ1) is 9.00. The summed E-state index contributed by atoms with van der Waals surface area (Å²) in [6.45, 7) is 2.18. The standard InChI is InChI=1S/C14H17ClFNO2/c1-9(14(18)19)17(10-5-6-10)8-7-11-12(15)3-2-4-13(11)16/h2-4,9-10H,5-8H2,1H3,(H,18,19). The fourth-order valence-electron chi connectivity index (χ4n) is 2.25. The van der Waals surface area contributed by atoms with Crippen molar-refractivity contribution < 1.29 is 14.3 Å². The van der Waals surface area contributed by atoms with Crippen molar-refractivity contribution in [2.24, 2.45) is 0 Å². The Bertz CT molecular complexity index is 456. The fraction of sp³-hybridized carbons (Fsp3) is 0.500. The highest BCUT2D eigenvalue weighted by atomic mass is 35.5. The molecule has 1 saturated carbocycles. The highest BCUT2D eigenvalue weighted by molar-refractivity contribution is 6.31. The molecule has 1 fully saturated rings. The van der Waals surface area contributed by atoms with Crippen LogP contribution in [0.3, 0.4) is 0 Å². The van der Waals surface area contributed by atoms with E-state index in [-0.39, 0.29) is 5.82 Å². The molecule has 104 valence electrons. The largest absolute Gasteiger partial charge is 0.480 e. The van der Waals surface area contributed by atoms with Gasteiger partial charge in [0, 0.05) is 23.2 Å². The molecule has 1 N–H and O–H groups in total. The van der Waals surface area contributed by atoms with Crippen LogP contribution in [0.4, 0.5) is 4.39 Å². The van der Waals surface area contributed by atoms with Crippen LogP contribution in [-0.4, -0.2) is 34.6 Å². The van der Waals surface area contributed by atoms with Crippen molar-refractivity contribution in [1.29, 1.82) is 0 Å². The van der Waals surface area contributed by atoms with E-state index in [2.05, 4.69) is 0 Å². The Morgan fingerprint density at radius 1 is 1.58 bits per heavy atom. The van der Waals surface area contributed by atoms with Gasteiger partial charge in [0.05, 0.1) is 0 Å². The summed E-state index contributed by atoms with van der Waals surface area (Å²) >= 11 is 5.98. The third-order valence-electron chi connectivity index (χ3n) is 3.55. The first-order valence-corrected chi connectivity index (χ1v) is 6.80. The van der Waals surface area contributed by atoms with Crippen LogP contribution in [-0.2, 0) is 11.2 Å². The lowest BCUT2D eigenvalue weighted by Gasteiger charge is -2.26. The van der Waals surface area contributed by atoms with Crippen molar-refractivity contribution in [2.75, 3.05) is 6.54 Å². The van der Waals surface area contributed by atoms with Gasteiger partial charge in [0.1, 0.15) is 11.9 Å². The van der Waals surface area contributed by atoms with Gasteiger partial charge in [-0.15, -0.1) is 0 Å². The molecule has 3 nitrogen and oxygen atoms in total. The molecule has 1 unspecified atom stereocenters. The van der Waals surface area contributed by atoms with E-state index in [1.165, 1.54) is 6.07 Å². The molecule has 1 aromatic carbocycles. The average molecular weight is 286 g/mol. The van der Waals surface area contributed by atoms with Crippen molar-refractivity contribution in [2.45, 2.75) is 38.3 Å². The molecule has 0 aromatic heterocycles. The van der Waals surface area contributed by atoms with E-state index in [0.29, 0.717) is 29.6 Å². The number of carbonyl (C=O) groups is 1. The predicted octanol–water partition coefficient (Wildman–Crippen LogP) is 2.96. The van der Waals surface area contributed by atoms with Crippen molar-refractivity contribution in [3.63, 3.8) is 0 Å². The maximum Gasteiger partial charge on any atom is 0.320 e. The number of halogens is 2. The minimum absolute atomic E-state index is 0.316. The number of hydrogen-bond donors (Lipinski definition) is 1. The summed E-state index contributed by atoms with van der Waals surface area (Å²) in [5.41, 5.74) is 0.465. The normalized spacial score (nSPS) is 16.6. The topological polar surface area (TPSA) is 40.5 Å². The second-order valence-electron chi connectivity index (χ2n) is 4.93. The van der Waals surface area contributed by atoms with Crippen molar-refractivity contribution >= 4 is 17.6 Å². The van der Waals surface area contributed by atoms with Crippen molar-refractivity contribution in [3.05, 3.63) is 34.6 Å². The Morgan fingerprint density at radius 2 is 2.26 bits per heavy atom. The molecule has 1 aliphatic rings. The molecule has 0 amide bonds. The van der Waals surface area contributed by atoms with Gasteiger partial charge in [0.25, 0.3) is 0 Å². The number of aliphatic carboxylic acids is 1. The Hall–Kier alpha value is -1.13. The molecular weight excluding hydrogens is 269 g/mol. The maximum absolute atomic E-state index is 13.7. The summed E-state index contributed by atoms with van der Waals surface area (Å²) in [6.07, 6.45) is 2.46. The van der Waals surface area contributed by atoms with Crippen molar-refractivity contribution in [3.8, 4) is 0 Å². The second kappa shape index (κ2) is 5.88. The van der Waals surface area contributed by atoms with E-state index in [4.69, 9.17) is 16.7 Å². The van der Waals surface area contributed by atoms with E-state index in [0.717, 1.165) is 12.8 Å². The third kappa shape index (κ3) is 3.45. The zero-order valence-electron chi connectivity index (χ0n) is 10.8. The lowest BCUT2D eigenvalue weighted by Crippen LogP contribution is -2.41. The summed E-state index contributed by atoms with van der Waals surface area (Å²) in [5, 5.41) is 9.50. The zero-order chi connectivity index (χ0) is 14.0. The van der Waals surface area contributed by atoms with Gasteiger partial charge in [-0.2, -0.15) is 0 Å². The molecule has 19 heavy (non-hydrogen) atoms. The van der Waals surface area contributed by atoms with Crippen LogP contribution in [0.15, 0.2) is 18.2 Å². The molecular formula is C14H17ClFNO2. The van der Waals surface area contributed by atoms with Gasteiger partial charge in [0.2, 0.25) is 0 Å². The van der Waals surface area contributed by atoms with Crippen LogP contribution >= 0.6 is 11.6 Å². The van der Waals surface area contributed by atoms with E-state index >= 15 is 0 Å². The molecule has 0 radical (unpaired) electrons. The molecule has 5 heteroatoms. The summed E-state index contributed by atoms with van der Waals surface area (Å²) < 4.78 is 13.7. The Morgan fingerprint density at radius 3 is 2.79 bits per heavy atom. The number of nitrogens with zero attached hydrogens (tertiary/aromatic N) is 1. The second-order valence-corrected chi connectivity index (χ2v) is 5.34. The maximum atomic E-state index is 13.7. The van der Waals surface area contributed by atoms with Crippen LogP contribution in [0.5, 0.6) is 0 Å². The lowest BCUT2D eigenvalue weighted by atomic mass is 10.1. The number of rotatable bonds is 6. The quantitative estimate of drug-likeness (QED) is 0.873. The monoisotopic (exact) mass is 285 g/mol. The summed E-state index contributed by atoms with van der Waals surface area (Å²) in [5.74, 6) is -1.17. The molecule has 0 saturated heterocycles. The Labute approximate surface area is 117 Å². The van der Waals surface area contributed by atoms with Crippen LogP contribution < -0.4 is 0 Å². The molecule has 0 spiro atoms. The molecule has 2 rings (SSSR count). The highest BCUT2D eigenvalue weighted by Crippen LogP contribution is 2.29. The summed E-state index contributed by atoms with van der Waals surface area (Å²) in [6, 6.07) is 4.38. The van der Waals surface area contributed by atoms with Gasteiger partial charge in [-0.05, 0) is 38.3 Å². The first kappa shape index (κ1) is 14.3. The average Bonchev–Trinajstić information content (AvgIpc) is 3.16. The van der Waals surface area contributed by atoms with Gasteiger partial charge >= 0.3 is 5.97 Å². The third-order valence-corrected chi connectivity index (χ3v) is 3.91. The summed E-state index contributed by atoms with van der Waals surface area (Å²) in [7, 11) is 0. The Balaban J connectivity index is 2.05. The predicted molar refractivity (Wildman–Crippen MR) is 71.9 cm³/mol. The van der Waals surface area contributed by atoms with Gasteiger partial charge in [-0.25, -0.2) is 4.39 Å². The molecule has 0 heterocycles. The van der Waals surface area contributed by atoms with Gasteiger partial charge in [-0.3, -0.25) is 9.69 Å². The number of carboxylic acids is 1. The van der Waals surface area contributed by atoms with E-state index in [1.54, 1.807) is 19.1 Å². The number of benzene rings is 1. The van der Waals surface area contributed by atoms with E-state index in [9.17, 15) is 9.18 Å². The van der Waals surface area contributed by atoms with Gasteiger partial charge in [0.15, 0.2) is 0 Å². The van der Waals surface area contributed by atoms with Crippen LogP contribution in [0.1, 0.15) is 25.3 Å². The van der Waals surface area contributed by atoms with Crippen LogP contribution in [0.2, 0.25) is 5.02 Å². The SMILES string of the molecule is CC(C(=O)O)N(CCc1c(F)cccc1Cl)C1CC1. The highest BCUT2D eigenvalue weighted by Gasteiger charge is 2.34. The van der Waals surface area contributed by atoms with Crippen molar-refractivity contribution in [1.82, 2.24) is 4.90 Å². The smallest absolute Gasteiger partial charge is 0.320 e. The van der Waals surface area contributed by atoms with E-state index in [1.807, 2.05) is 4.90 Å². The molecule has 1 aromatic rings. The number of hydrogen-bond acceptors (Lipinski definition) is 2. The van der Waals surface area contributed by atoms with E-state index < -0.39 is 12.0 Å². The molecule has 1 atom stereocenters. The molecule has 0 aliphatic heterocycles. The number of carboxylic acid groups (broad SMARTS) is 1. The van der Waals surface area contributed by atoms with Crippen LogP contribution in [0.25, 0.3) is 0 Å². The summed E-state index contributed by atoms with van der Waals surface area (Å²) in [4.78, 5) is 13.0. The Kier molecular flexibility index (Phi) is 4.42. The molecule has 0 bridgehead atoms. The fourth-order valence-corrected chi connectivity index (χ4v) is 2.51. The van der Waals surface area contributed by atoms with Gasteiger partial charge in [-0.1, -0.05) is 17.7 Å². The molecule has 1 aliphatic carbocycles. The lowest BCUT2D eigenvalue weighted by molar-refractivity contribution is -0.142. The zero-order valence-corrected chi connectivity index (χ0v) is 11.5. The minimum atomic E-state index is -0.841. The minimum Gasteiger partial charge on any atom is -0.480 e. The first-order valence-electron chi connectivity index (χ1n) is 6.42. The van der Waals surface area contributed by atoms with Gasteiger partial charge < -0.3 is 5.11 Å². The van der Waals surface area contributed by atoms with Crippen LogP contribution in [0, 0.1) is 5.82 Å².